The van der Waals surface area contributed by atoms with Crippen LogP contribution in [0.2, 0.25) is 0 Å². The monoisotopic (exact) mass is 306 g/mol. The second-order valence-electron chi connectivity index (χ2n) is 6.07. The first-order chi connectivity index (χ1) is 10.2. The highest BCUT2D eigenvalue weighted by atomic mass is 32.1. The van der Waals surface area contributed by atoms with E-state index in [2.05, 4.69) is 10.6 Å². The van der Waals surface area contributed by atoms with Crippen LogP contribution in [0.4, 0.5) is 0 Å². The third-order valence-corrected chi connectivity index (χ3v) is 5.52. The topological polar surface area (TPSA) is 58.2 Å². The number of hydrogen-bond acceptors (Lipinski definition) is 3. The molecule has 0 spiro atoms. The maximum Gasteiger partial charge on any atom is 0.261 e. The van der Waals surface area contributed by atoms with Crippen LogP contribution in [-0.2, 0) is 0 Å². The Kier molecular flexibility index (Phi) is 4.58. The van der Waals surface area contributed by atoms with Crippen LogP contribution in [0.5, 0.6) is 0 Å². The van der Waals surface area contributed by atoms with Gasteiger partial charge < -0.3 is 10.6 Å². The lowest BCUT2D eigenvalue weighted by atomic mass is 10.2. The van der Waals surface area contributed by atoms with Gasteiger partial charge in [0.15, 0.2) is 0 Å². The van der Waals surface area contributed by atoms with E-state index < -0.39 is 0 Å². The highest BCUT2D eigenvalue weighted by Gasteiger charge is 2.22. The molecule has 1 aromatic heterocycles. The van der Waals surface area contributed by atoms with Crippen molar-refractivity contribution < 1.29 is 9.59 Å². The number of carbonyl (C=O) groups is 2. The Morgan fingerprint density at radius 3 is 1.57 bits per heavy atom. The first kappa shape index (κ1) is 14.6. The molecule has 2 aliphatic carbocycles. The quantitative estimate of drug-likeness (QED) is 0.898. The van der Waals surface area contributed by atoms with Crippen LogP contribution >= 0.6 is 11.3 Å². The van der Waals surface area contributed by atoms with Gasteiger partial charge in [0.1, 0.15) is 0 Å². The molecule has 1 heterocycles. The second-order valence-corrected chi connectivity index (χ2v) is 7.16. The predicted molar refractivity (Wildman–Crippen MR) is 83.8 cm³/mol. The number of rotatable bonds is 4. The van der Waals surface area contributed by atoms with Crippen LogP contribution in [0, 0.1) is 0 Å². The summed E-state index contributed by atoms with van der Waals surface area (Å²) in [5.41, 5.74) is 0. The zero-order valence-corrected chi connectivity index (χ0v) is 13.0. The minimum absolute atomic E-state index is 0.0354. The Hall–Kier alpha value is -1.36. The molecule has 2 N–H and O–H groups in total. The molecule has 0 saturated heterocycles. The first-order valence-electron chi connectivity index (χ1n) is 7.94. The molecule has 0 atom stereocenters. The summed E-state index contributed by atoms with van der Waals surface area (Å²) in [4.78, 5) is 25.6. The van der Waals surface area contributed by atoms with E-state index in [9.17, 15) is 9.59 Å². The molecule has 21 heavy (non-hydrogen) atoms. The molecule has 3 rings (SSSR count). The van der Waals surface area contributed by atoms with Gasteiger partial charge in [-0.15, -0.1) is 11.3 Å². The maximum atomic E-state index is 12.1. The van der Waals surface area contributed by atoms with E-state index in [0.29, 0.717) is 21.8 Å². The van der Waals surface area contributed by atoms with E-state index >= 15 is 0 Å². The largest absolute Gasteiger partial charge is 0.349 e. The Bertz CT molecular complexity index is 470. The fourth-order valence-corrected chi connectivity index (χ4v) is 4.05. The van der Waals surface area contributed by atoms with Crippen molar-refractivity contribution in [3.8, 4) is 0 Å². The molecule has 114 valence electrons. The molecule has 2 fully saturated rings. The Labute approximate surface area is 129 Å². The highest BCUT2D eigenvalue weighted by molar-refractivity contribution is 7.15. The fraction of sp³-hybridized carbons (Fsp3) is 0.625. The van der Waals surface area contributed by atoms with Crippen molar-refractivity contribution in [3.63, 3.8) is 0 Å². The number of thiophene rings is 1. The van der Waals surface area contributed by atoms with Crippen molar-refractivity contribution in [2.75, 3.05) is 0 Å². The molecule has 0 radical (unpaired) electrons. The van der Waals surface area contributed by atoms with Crippen molar-refractivity contribution in [1.29, 1.82) is 0 Å². The van der Waals surface area contributed by atoms with Gasteiger partial charge in [0.2, 0.25) is 0 Å². The zero-order valence-electron chi connectivity index (χ0n) is 12.2. The van der Waals surface area contributed by atoms with Gasteiger partial charge in [0.25, 0.3) is 11.8 Å². The number of carbonyl (C=O) groups excluding carboxylic acids is 2. The zero-order chi connectivity index (χ0) is 14.7. The van der Waals surface area contributed by atoms with Crippen LogP contribution in [-0.4, -0.2) is 23.9 Å². The van der Waals surface area contributed by atoms with Gasteiger partial charge in [-0.25, -0.2) is 0 Å². The lowest BCUT2D eigenvalue weighted by Gasteiger charge is -2.11. The summed E-state index contributed by atoms with van der Waals surface area (Å²) in [5, 5.41) is 6.12. The average molecular weight is 306 g/mol. The van der Waals surface area contributed by atoms with Gasteiger partial charge in [-0.05, 0) is 37.8 Å². The minimum Gasteiger partial charge on any atom is -0.349 e. The molecular weight excluding hydrogens is 284 g/mol. The molecular formula is C16H22N2O2S. The summed E-state index contributed by atoms with van der Waals surface area (Å²) >= 11 is 1.29. The van der Waals surface area contributed by atoms with E-state index in [0.717, 1.165) is 25.7 Å². The van der Waals surface area contributed by atoms with Crippen molar-refractivity contribution in [1.82, 2.24) is 10.6 Å². The number of nitrogens with one attached hydrogen (secondary N) is 2. The van der Waals surface area contributed by atoms with Crippen LogP contribution < -0.4 is 10.6 Å². The van der Waals surface area contributed by atoms with Crippen LogP contribution in [0.25, 0.3) is 0 Å². The Morgan fingerprint density at radius 1 is 0.810 bits per heavy atom. The summed E-state index contributed by atoms with van der Waals surface area (Å²) in [6, 6.07) is 4.16. The molecule has 0 unspecified atom stereocenters. The van der Waals surface area contributed by atoms with Gasteiger partial charge in [-0.3, -0.25) is 9.59 Å². The second kappa shape index (κ2) is 6.60. The summed E-state index contributed by atoms with van der Waals surface area (Å²) < 4.78 is 0. The molecule has 5 heteroatoms. The maximum absolute atomic E-state index is 12.1. The summed E-state index contributed by atoms with van der Waals surface area (Å²) in [6.07, 6.45) is 9.10. The van der Waals surface area contributed by atoms with Crippen LogP contribution in [0.1, 0.15) is 70.7 Å². The lowest BCUT2D eigenvalue weighted by molar-refractivity contribution is 0.0935. The third kappa shape index (κ3) is 3.64. The summed E-state index contributed by atoms with van der Waals surface area (Å²) in [6.45, 7) is 0. The molecule has 2 saturated carbocycles. The van der Waals surface area contributed by atoms with Gasteiger partial charge in [0.05, 0.1) is 9.75 Å². The number of amides is 2. The third-order valence-electron chi connectivity index (χ3n) is 4.43. The molecule has 1 aromatic rings. The molecule has 2 amide bonds. The Balaban J connectivity index is 1.56. The van der Waals surface area contributed by atoms with E-state index in [1.807, 2.05) is 0 Å². The molecule has 0 bridgehead atoms. The average Bonchev–Trinajstić information content (AvgIpc) is 3.21. The number of hydrogen-bond donors (Lipinski definition) is 2. The van der Waals surface area contributed by atoms with Crippen molar-refractivity contribution in [2.45, 2.75) is 63.5 Å². The van der Waals surface area contributed by atoms with Gasteiger partial charge >= 0.3 is 0 Å². The van der Waals surface area contributed by atoms with Crippen molar-refractivity contribution >= 4 is 23.2 Å². The molecule has 0 aliphatic heterocycles. The Morgan fingerprint density at radius 2 is 1.19 bits per heavy atom. The standard InChI is InChI=1S/C16H22N2O2S/c19-15(17-11-5-1-2-6-11)13-9-10-14(21-13)16(20)18-12-7-3-4-8-12/h9-12H,1-8H2,(H,17,19)(H,18,20). The molecule has 2 aliphatic rings. The van der Waals surface area contributed by atoms with E-state index in [-0.39, 0.29) is 11.8 Å². The molecule has 4 nitrogen and oxygen atoms in total. The SMILES string of the molecule is O=C(NC1CCCC1)c1ccc(C(=O)NC2CCCC2)s1. The lowest BCUT2D eigenvalue weighted by Crippen LogP contribution is -2.32. The van der Waals surface area contributed by atoms with E-state index in [4.69, 9.17) is 0 Å². The van der Waals surface area contributed by atoms with E-state index in [1.165, 1.54) is 37.0 Å². The van der Waals surface area contributed by atoms with E-state index in [1.54, 1.807) is 12.1 Å². The van der Waals surface area contributed by atoms with Gasteiger partial charge in [-0.1, -0.05) is 25.7 Å². The van der Waals surface area contributed by atoms with Gasteiger partial charge in [-0.2, -0.15) is 0 Å². The van der Waals surface area contributed by atoms with Crippen molar-refractivity contribution in [2.24, 2.45) is 0 Å². The molecule has 0 aromatic carbocycles. The first-order valence-corrected chi connectivity index (χ1v) is 8.75. The highest BCUT2D eigenvalue weighted by Crippen LogP contribution is 2.22. The summed E-state index contributed by atoms with van der Waals surface area (Å²) in [7, 11) is 0. The normalized spacial score (nSPS) is 19.8. The summed E-state index contributed by atoms with van der Waals surface area (Å²) in [5.74, 6) is -0.0707. The van der Waals surface area contributed by atoms with Gasteiger partial charge in [0, 0.05) is 12.1 Å². The van der Waals surface area contributed by atoms with Crippen LogP contribution in [0.15, 0.2) is 12.1 Å². The van der Waals surface area contributed by atoms with Crippen LogP contribution in [0.3, 0.4) is 0 Å². The predicted octanol–water partition coefficient (Wildman–Crippen LogP) is 3.09. The van der Waals surface area contributed by atoms with Crippen molar-refractivity contribution in [3.05, 3.63) is 21.9 Å². The fourth-order valence-electron chi connectivity index (χ4n) is 3.24. The smallest absolute Gasteiger partial charge is 0.261 e. The minimum atomic E-state index is -0.0354.